The third-order valence-electron chi connectivity index (χ3n) is 4.19. The van der Waals surface area contributed by atoms with Gasteiger partial charge in [-0.1, -0.05) is 6.92 Å². The van der Waals surface area contributed by atoms with Crippen LogP contribution >= 0.6 is 15.9 Å². The first kappa shape index (κ1) is 9.94. The zero-order valence-electron chi connectivity index (χ0n) is 8.80. The van der Waals surface area contributed by atoms with Gasteiger partial charge in [0.1, 0.15) is 44.2 Å². The van der Waals surface area contributed by atoms with Crippen LogP contribution < -0.4 is 0 Å². The van der Waals surface area contributed by atoms with Crippen molar-refractivity contribution in [3.8, 4) is 0 Å². The van der Waals surface area contributed by atoms with E-state index >= 15 is 0 Å². The maximum atomic E-state index is 3.86. The highest BCUT2D eigenvalue weighted by molar-refractivity contribution is 9.09. The minimum atomic E-state index is 0.710. The maximum Gasteiger partial charge on any atom is 0.144 e. The molecule has 0 aromatic heterocycles. The van der Waals surface area contributed by atoms with E-state index in [1.165, 1.54) is 54.7 Å². The normalized spacial score (nSPS) is 46.4. The Hall–Kier alpha value is 0.400. The molecule has 3 aliphatic rings. The van der Waals surface area contributed by atoms with Crippen LogP contribution in [0.2, 0.25) is 0 Å². The molecule has 2 nitrogen and oxygen atoms in total. The lowest BCUT2D eigenvalue weighted by atomic mass is 10.1. The van der Waals surface area contributed by atoms with Crippen molar-refractivity contribution in [2.24, 2.45) is 0 Å². The molecule has 1 atom stereocenters. The number of quaternary nitrogens is 2. The van der Waals surface area contributed by atoms with Gasteiger partial charge in [-0.3, -0.25) is 4.48 Å². The molecule has 3 heterocycles. The van der Waals surface area contributed by atoms with Crippen molar-refractivity contribution in [2.45, 2.75) is 18.3 Å². The highest BCUT2D eigenvalue weighted by Crippen LogP contribution is 2.31. The number of hydrogen-bond acceptors (Lipinski definition) is 0. The van der Waals surface area contributed by atoms with Crippen LogP contribution in [0, 0.1) is 0 Å². The second-order valence-electron chi connectivity index (χ2n) is 5.02. The topological polar surface area (TPSA) is 0 Å². The molecule has 3 rings (SSSR count). The van der Waals surface area contributed by atoms with Gasteiger partial charge in [-0.2, -0.15) is 0 Å². The van der Waals surface area contributed by atoms with E-state index in [9.17, 15) is 0 Å². The first-order valence-corrected chi connectivity index (χ1v) is 6.35. The second-order valence-corrected chi connectivity index (χ2v) is 6.08. The maximum absolute atomic E-state index is 3.86. The summed E-state index contributed by atoms with van der Waals surface area (Å²) in [6.45, 7) is 10.6. The van der Waals surface area contributed by atoms with Gasteiger partial charge in [0, 0.05) is 6.42 Å². The molecule has 3 fully saturated rings. The van der Waals surface area contributed by atoms with E-state index in [1.54, 1.807) is 0 Å². The minimum Gasteiger partial charge on any atom is -0.312 e. The van der Waals surface area contributed by atoms with E-state index in [-0.39, 0.29) is 0 Å². The van der Waals surface area contributed by atoms with Crippen LogP contribution in [0.5, 0.6) is 0 Å². The molecule has 0 amide bonds. The predicted octanol–water partition coefficient (Wildman–Crippen LogP) is 1.41. The summed E-state index contributed by atoms with van der Waals surface area (Å²) < 4.78 is 2.69. The molecule has 3 heteroatoms. The van der Waals surface area contributed by atoms with Gasteiger partial charge in [0.05, 0.1) is 7.05 Å². The molecular formula is C10H21BrN2+2. The fourth-order valence-electron chi connectivity index (χ4n) is 2.80. The number of rotatable bonds is 2. The van der Waals surface area contributed by atoms with Crippen molar-refractivity contribution in [3.63, 3.8) is 0 Å². The number of piperazine rings is 3. The van der Waals surface area contributed by atoms with Crippen molar-refractivity contribution in [2.75, 3.05) is 46.3 Å². The number of nitrogens with zero attached hydrogens (tertiary/aromatic N) is 2. The first-order chi connectivity index (χ1) is 6.10. The summed E-state index contributed by atoms with van der Waals surface area (Å²) in [5.74, 6) is 0. The number of halogens is 1. The van der Waals surface area contributed by atoms with E-state index in [2.05, 4.69) is 29.9 Å². The van der Waals surface area contributed by atoms with Crippen molar-refractivity contribution in [1.82, 2.24) is 0 Å². The molecule has 3 saturated heterocycles. The van der Waals surface area contributed by atoms with Crippen LogP contribution in [0.1, 0.15) is 13.3 Å². The Labute approximate surface area is 89.8 Å². The monoisotopic (exact) mass is 248 g/mol. The fraction of sp³-hybridized carbons (Fsp3) is 1.00. The lowest BCUT2D eigenvalue weighted by Gasteiger charge is -2.55. The Bertz CT molecular complexity index is 181. The summed E-state index contributed by atoms with van der Waals surface area (Å²) in [5, 5.41) is 0. The molecule has 0 radical (unpaired) electrons. The number of alkyl halides is 1. The van der Waals surface area contributed by atoms with Crippen LogP contribution in [-0.4, -0.2) is 60.2 Å². The van der Waals surface area contributed by atoms with Crippen molar-refractivity contribution < 1.29 is 8.97 Å². The Morgan fingerprint density at radius 2 is 1.54 bits per heavy atom. The molecule has 0 saturated carbocycles. The third kappa shape index (κ3) is 1.55. The predicted molar refractivity (Wildman–Crippen MR) is 58.7 cm³/mol. The average Bonchev–Trinajstić information content (AvgIpc) is 2.18. The van der Waals surface area contributed by atoms with Gasteiger partial charge in [-0.25, -0.2) is 0 Å². The van der Waals surface area contributed by atoms with Gasteiger partial charge < -0.3 is 4.48 Å². The Morgan fingerprint density at radius 3 is 1.92 bits per heavy atom. The van der Waals surface area contributed by atoms with Crippen LogP contribution in [0.4, 0.5) is 0 Å². The standard InChI is InChI=1S/C10H21BrN2/c1-3-10(11)13-7-4-12(2,5-8-13)6-9-13/h10H,3-9H2,1-2H3/q+2. The van der Waals surface area contributed by atoms with Crippen LogP contribution in [-0.2, 0) is 0 Å². The van der Waals surface area contributed by atoms with E-state index in [0.29, 0.717) is 4.95 Å². The Balaban J connectivity index is 2.11. The Morgan fingerprint density at radius 1 is 1.08 bits per heavy atom. The van der Waals surface area contributed by atoms with Crippen molar-refractivity contribution in [1.29, 1.82) is 0 Å². The zero-order chi connectivity index (χ0) is 9.53. The highest BCUT2D eigenvalue weighted by Gasteiger charge is 2.49. The lowest BCUT2D eigenvalue weighted by Crippen LogP contribution is -2.75. The molecule has 13 heavy (non-hydrogen) atoms. The number of fused-ring (bicyclic) bond motifs is 3. The van der Waals surface area contributed by atoms with Crippen LogP contribution in [0.15, 0.2) is 0 Å². The van der Waals surface area contributed by atoms with Gasteiger partial charge in [0.2, 0.25) is 0 Å². The molecule has 0 aromatic carbocycles. The summed E-state index contributed by atoms with van der Waals surface area (Å²) in [4.78, 5) is 0.710. The molecule has 1 unspecified atom stereocenters. The van der Waals surface area contributed by atoms with E-state index in [4.69, 9.17) is 0 Å². The van der Waals surface area contributed by atoms with Gasteiger partial charge in [-0.05, 0) is 15.9 Å². The molecule has 2 bridgehead atoms. The SMILES string of the molecule is CCC(Br)[N+]12CC[N+](C)(CC1)CC2. The summed E-state index contributed by atoms with van der Waals surface area (Å²) in [5.41, 5.74) is 0. The molecule has 0 spiro atoms. The first-order valence-electron chi connectivity index (χ1n) is 5.44. The second kappa shape index (κ2) is 3.21. The van der Waals surface area contributed by atoms with Crippen molar-refractivity contribution in [3.05, 3.63) is 0 Å². The molecule has 3 aliphatic heterocycles. The molecular weight excluding hydrogens is 228 g/mol. The van der Waals surface area contributed by atoms with Gasteiger partial charge in [-0.15, -0.1) is 0 Å². The summed E-state index contributed by atoms with van der Waals surface area (Å²) >= 11 is 3.86. The highest BCUT2D eigenvalue weighted by atomic mass is 79.9. The van der Waals surface area contributed by atoms with Crippen LogP contribution in [0.25, 0.3) is 0 Å². The molecule has 0 N–H and O–H groups in total. The molecule has 76 valence electrons. The zero-order valence-corrected chi connectivity index (χ0v) is 10.4. The molecule has 0 aliphatic carbocycles. The van der Waals surface area contributed by atoms with E-state index in [0.717, 1.165) is 0 Å². The largest absolute Gasteiger partial charge is 0.312 e. The summed E-state index contributed by atoms with van der Waals surface area (Å²) in [6, 6.07) is 0. The van der Waals surface area contributed by atoms with Gasteiger partial charge in [0.25, 0.3) is 0 Å². The lowest BCUT2D eigenvalue weighted by molar-refractivity contribution is -1.08. The third-order valence-corrected chi connectivity index (χ3v) is 5.70. The smallest absolute Gasteiger partial charge is 0.144 e. The average molecular weight is 249 g/mol. The van der Waals surface area contributed by atoms with Gasteiger partial charge in [0.15, 0.2) is 0 Å². The summed E-state index contributed by atoms with van der Waals surface area (Å²) in [7, 11) is 2.42. The number of hydrogen-bond donors (Lipinski definition) is 0. The summed E-state index contributed by atoms with van der Waals surface area (Å²) in [6.07, 6.45) is 1.27. The van der Waals surface area contributed by atoms with E-state index in [1.807, 2.05) is 0 Å². The number of likely N-dealkylation sites (N-methyl/N-ethyl adjacent to an activating group) is 1. The van der Waals surface area contributed by atoms with Gasteiger partial charge >= 0.3 is 0 Å². The fourth-order valence-corrected chi connectivity index (χ4v) is 3.41. The quantitative estimate of drug-likeness (QED) is 0.394. The van der Waals surface area contributed by atoms with E-state index < -0.39 is 0 Å². The van der Waals surface area contributed by atoms with Crippen molar-refractivity contribution >= 4 is 15.9 Å². The van der Waals surface area contributed by atoms with Crippen LogP contribution in [0.3, 0.4) is 0 Å². The molecule has 0 aromatic rings. The minimum absolute atomic E-state index is 0.710. The Kier molecular flexibility index (Phi) is 2.45.